The molecule has 4 nitrogen and oxygen atoms in total. The minimum Gasteiger partial charge on any atom is -0.350 e. The predicted octanol–water partition coefficient (Wildman–Crippen LogP) is 3.12. The summed E-state index contributed by atoms with van der Waals surface area (Å²) in [7, 11) is 0. The number of carbonyl (C=O) groups is 1. The van der Waals surface area contributed by atoms with Crippen LogP contribution in [-0.4, -0.2) is 22.1 Å². The summed E-state index contributed by atoms with van der Waals surface area (Å²) >= 11 is 0. The van der Waals surface area contributed by atoms with Crippen molar-refractivity contribution in [3.8, 4) is 0 Å². The van der Waals surface area contributed by atoms with E-state index < -0.39 is 0 Å². The number of carbonyl (C=O) groups excluding carboxylic acids is 1. The predicted molar refractivity (Wildman–Crippen MR) is 77.1 cm³/mol. The van der Waals surface area contributed by atoms with E-state index >= 15 is 0 Å². The lowest BCUT2D eigenvalue weighted by Gasteiger charge is -2.15. The molecular weight excluding hydrogens is 238 g/mol. The van der Waals surface area contributed by atoms with Gasteiger partial charge < -0.3 is 5.32 Å². The third kappa shape index (κ3) is 3.34. The van der Waals surface area contributed by atoms with Gasteiger partial charge in [-0.1, -0.05) is 26.0 Å². The maximum Gasteiger partial charge on any atom is 0.253 e. The number of fused-ring (bicyclic) bond motifs is 1. The van der Waals surface area contributed by atoms with Crippen LogP contribution in [0.5, 0.6) is 0 Å². The Balaban J connectivity index is 2.05. The highest BCUT2D eigenvalue weighted by Gasteiger charge is 2.13. The Morgan fingerprint density at radius 1 is 1.32 bits per heavy atom. The van der Waals surface area contributed by atoms with E-state index in [4.69, 9.17) is 0 Å². The van der Waals surface area contributed by atoms with Gasteiger partial charge in [-0.15, -0.1) is 0 Å². The zero-order chi connectivity index (χ0) is 13.8. The number of benzene rings is 1. The van der Waals surface area contributed by atoms with Crippen molar-refractivity contribution >= 4 is 16.8 Å². The van der Waals surface area contributed by atoms with Gasteiger partial charge in [-0.2, -0.15) is 5.10 Å². The van der Waals surface area contributed by atoms with E-state index in [-0.39, 0.29) is 11.9 Å². The van der Waals surface area contributed by atoms with Gasteiger partial charge in [0, 0.05) is 11.4 Å². The van der Waals surface area contributed by atoms with Crippen LogP contribution in [-0.2, 0) is 0 Å². The molecule has 2 aromatic rings. The lowest BCUT2D eigenvalue weighted by Crippen LogP contribution is -2.32. The maximum atomic E-state index is 12.3. The molecule has 0 spiro atoms. The molecule has 0 aliphatic carbocycles. The van der Waals surface area contributed by atoms with Gasteiger partial charge in [0.2, 0.25) is 0 Å². The fraction of sp³-hybridized carbons (Fsp3) is 0.467. The van der Waals surface area contributed by atoms with Gasteiger partial charge >= 0.3 is 0 Å². The van der Waals surface area contributed by atoms with Crippen LogP contribution < -0.4 is 5.32 Å². The summed E-state index contributed by atoms with van der Waals surface area (Å²) in [5.74, 6) is 0.626. The average molecular weight is 259 g/mol. The summed E-state index contributed by atoms with van der Waals surface area (Å²) in [6, 6.07) is 5.84. The highest BCUT2D eigenvalue weighted by Crippen LogP contribution is 2.16. The topological polar surface area (TPSA) is 57.8 Å². The molecule has 0 aliphatic heterocycles. The summed E-state index contributed by atoms with van der Waals surface area (Å²) < 4.78 is 0. The molecule has 0 radical (unpaired) electrons. The zero-order valence-corrected chi connectivity index (χ0v) is 11.7. The molecule has 1 unspecified atom stereocenters. The number of nitrogens with zero attached hydrogens (tertiary/aromatic N) is 1. The SMILES string of the molecule is CC(C)CCC(C)NC(=O)c1cccc2cn[nH]c12. The number of hydrogen-bond acceptors (Lipinski definition) is 2. The standard InChI is InChI=1S/C15H21N3O/c1-10(2)7-8-11(3)17-15(19)13-6-4-5-12-9-16-18-14(12)13/h4-6,9-11H,7-8H2,1-3H3,(H,16,18)(H,17,19). The second kappa shape index (κ2) is 5.87. The molecule has 1 amide bonds. The Morgan fingerprint density at radius 3 is 2.84 bits per heavy atom. The molecule has 0 bridgehead atoms. The average Bonchev–Trinajstić information content (AvgIpc) is 2.84. The number of amides is 1. The Kier molecular flexibility index (Phi) is 4.20. The molecule has 2 N–H and O–H groups in total. The monoisotopic (exact) mass is 259 g/mol. The molecule has 1 aromatic carbocycles. The van der Waals surface area contributed by atoms with E-state index in [9.17, 15) is 4.79 Å². The Bertz CT molecular complexity index is 559. The molecular formula is C15H21N3O. The molecule has 2 rings (SSSR count). The van der Waals surface area contributed by atoms with Crippen molar-refractivity contribution in [3.63, 3.8) is 0 Å². The molecule has 0 aliphatic rings. The molecule has 0 saturated heterocycles. The van der Waals surface area contributed by atoms with Gasteiger partial charge in [0.25, 0.3) is 5.91 Å². The molecule has 19 heavy (non-hydrogen) atoms. The normalized spacial score (nSPS) is 12.8. The summed E-state index contributed by atoms with van der Waals surface area (Å²) in [6.07, 6.45) is 3.85. The number of hydrogen-bond donors (Lipinski definition) is 2. The third-order valence-corrected chi connectivity index (χ3v) is 3.28. The maximum absolute atomic E-state index is 12.3. The Morgan fingerprint density at radius 2 is 2.11 bits per heavy atom. The number of para-hydroxylation sites is 1. The first-order chi connectivity index (χ1) is 9.08. The first-order valence-corrected chi connectivity index (χ1v) is 6.81. The number of aromatic nitrogens is 2. The summed E-state index contributed by atoms with van der Waals surface area (Å²) in [5.41, 5.74) is 1.46. The lowest BCUT2D eigenvalue weighted by molar-refractivity contribution is 0.0938. The lowest BCUT2D eigenvalue weighted by atomic mass is 10.0. The fourth-order valence-corrected chi connectivity index (χ4v) is 2.12. The first-order valence-electron chi connectivity index (χ1n) is 6.81. The highest BCUT2D eigenvalue weighted by atomic mass is 16.1. The molecule has 0 saturated carbocycles. The first kappa shape index (κ1) is 13.6. The molecule has 1 atom stereocenters. The van der Waals surface area contributed by atoms with Crippen LogP contribution in [0.1, 0.15) is 44.0 Å². The van der Waals surface area contributed by atoms with Crippen molar-refractivity contribution in [2.24, 2.45) is 5.92 Å². The van der Waals surface area contributed by atoms with E-state index in [2.05, 4.69) is 29.4 Å². The Labute approximate surface area is 113 Å². The number of rotatable bonds is 5. The summed E-state index contributed by atoms with van der Waals surface area (Å²) in [6.45, 7) is 6.44. The second-order valence-corrected chi connectivity index (χ2v) is 5.49. The van der Waals surface area contributed by atoms with Gasteiger partial charge in [-0.25, -0.2) is 0 Å². The third-order valence-electron chi connectivity index (χ3n) is 3.28. The van der Waals surface area contributed by atoms with Crippen molar-refractivity contribution in [1.29, 1.82) is 0 Å². The van der Waals surface area contributed by atoms with Gasteiger partial charge in [-0.3, -0.25) is 9.89 Å². The smallest absolute Gasteiger partial charge is 0.253 e. The minimum absolute atomic E-state index is 0.0360. The van der Waals surface area contributed by atoms with Crippen molar-refractivity contribution in [2.75, 3.05) is 0 Å². The van der Waals surface area contributed by atoms with Gasteiger partial charge in [0.15, 0.2) is 0 Å². The van der Waals surface area contributed by atoms with Crippen LogP contribution in [0.15, 0.2) is 24.4 Å². The van der Waals surface area contributed by atoms with Gasteiger partial charge in [-0.05, 0) is 31.7 Å². The highest BCUT2D eigenvalue weighted by molar-refractivity contribution is 6.05. The molecule has 102 valence electrons. The number of H-pyrrole nitrogens is 1. The largest absolute Gasteiger partial charge is 0.350 e. The summed E-state index contributed by atoms with van der Waals surface area (Å²) in [4.78, 5) is 12.3. The van der Waals surface area contributed by atoms with E-state index in [1.165, 1.54) is 0 Å². The minimum atomic E-state index is -0.0360. The summed E-state index contributed by atoms with van der Waals surface area (Å²) in [5, 5.41) is 10.9. The van der Waals surface area contributed by atoms with E-state index in [1.54, 1.807) is 6.20 Å². The van der Waals surface area contributed by atoms with Crippen molar-refractivity contribution in [3.05, 3.63) is 30.0 Å². The van der Waals surface area contributed by atoms with Crippen molar-refractivity contribution in [2.45, 2.75) is 39.7 Å². The quantitative estimate of drug-likeness (QED) is 0.866. The van der Waals surface area contributed by atoms with E-state index in [0.717, 1.165) is 23.7 Å². The Hall–Kier alpha value is -1.84. The van der Waals surface area contributed by atoms with Crippen molar-refractivity contribution in [1.82, 2.24) is 15.5 Å². The van der Waals surface area contributed by atoms with Crippen LogP contribution >= 0.6 is 0 Å². The van der Waals surface area contributed by atoms with Crippen LogP contribution in [0.25, 0.3) is 10.9 Å². The number of aromatic amines is 1. The van der Waals surface area contributed by atoms with Crippen LogP contribution in [0.4, 0.5) is 0 Å². The van der Waals surface area contributed by atoms with Gasteiger partial charge in [0.05, 0.1) is 17.3 Å². The molecule has 4 heteroatoms. The van der Waals surface area contributed by atoms with Crippen LogP contribution in [0.2, 0.25) is 0 Å². The van der Waals surface area contributed by atoms with Crippen molar-refractivity contribution < 1.29 is 4.79 Å². The van der Waals surface area contributed by atoms with Gasteiger partial charge in [0.1, 0.15) is 0 Å². The van der Waals surface area contributed by atoms with E-state index in [0.29, 0.717) is 11.5 Å². The van der Waals surface area contributed by atoms with E-state index in [1.807, 2.05) is 25.1 Å². The fourth-order valence-electron chi connectivity index (χ4n) is 2.12. The van der Waals surface area contributed by atoms with Crippen LogP contribution in [0.3, 0.4) is 0 Å². The molecule has 0 fully saturated rings. The molecule has 1 aromatic heterocycles. The number of nitrogens with one attached hydrogen (secondary N) is 2. The second-order valence-electron chi connectivity index (χ2n) is 5.49. The molecule has 1 heterocycles. The zero-order valence-electron chi connectivity index (χ0n) is 11.7. The van der Waals surface area contributed by atoms with Crippen LogP contribution in [0, 0.1) is 5.92 Å².